The molecule has 1 aromatic heterocycles. The molecule has 8 heteroatoms. The van der Waals surface area contributed by atoms with Gasteiger partial charge in [0.1, 0.15) is 6.04 Å². The molecule has 2 saturated heterocycles. The van der Waals surface area contributed by atoms with E-state index in [0.29, 0.717) is 19.8 Å². The summed E-state index contributed by atoms with van der Waals surface area (Å²) in [5, 5.41) is 2.81. The van der Waals surface area contributed by atoms with E-state index in [1.807, 2.05) is 4.90 Å². The van der Waals surface area contributed by atoms with Crippen LogP contribution in [-0.2, 0) is 27.1 Å². The Balaban J connectivity index is 1.47. The third-order valence-corrected chi connectivity index (χ3v) is 8.05. The zero-order chi connectivity index (χ0) is 23.7. The first-order chi connectivity index (χ1) is 16.6. The number of hydrogen-bond donors (Lipinski definition) is 2. The average Bonchev–Trinajstić information content (AvgIpc) is 3.62. The van der Waals surface area contributed by atoms with Crippen molar-refractivity contribution in [2.45, 2.75) is 57.0 Å². The smallest absolute Gasteiger partial charge is 0.407 e. The van der Waals surface area contributed by atoms with Crippen LogP contribution in [0.1, 0.15) is 55.0 Å². The van der Waals surface area contributed by atoms with Gasteiger partial charge in [-0.1, -0.05) is 28.1 Å². The largest absolute Gasteiger partial charge is 0.453 e. The van der Waals surface area contributed by atoms with Gasteiger partial charge >= 0.3 is 6.09 Å². The van der Waals surface area contributed by atoms with Gasteiger partial charge < -0.3 is 24.7 Å². The molecule has 2 aliphatic heterocycles. The van der Waals surface area contributed by atoms with Gasteiger partial charge in [-0.05, 0) is 73.8 Å². The van der Waals surface area contributed by atoms with Crippen molar-refractivity contribution in [1.82, 2.24) is 15.2 Å². The zero-order valence-electron chi connectivity index (χ0n) is 19.6. The van der Waals surface area contributed by atoms with E-state index in [0.717, 1.165) is 36.6 Å². The van der Waals surface area contributed by atoms with Crippen molar-refractivity contribution < 1.29 is 19.1 Å². The van der Waals surface area contributed by atoms with E-state index in [4.69, 9.17) is 9.47 Å². The number of fused-ring (bicyclic) bond motifs is 1. The molecule has 2 aromatic rings. The van der Waals surface area contributed by atoms with Crippen LogP contribution in [0.3, 0.4) is 0 Å². The van der Waals surface area contributed by atoms with E-state index in [1.54, 1.807) is 0 Å². The topological polar surface area (TPSA) is 83.7 Å². The number of alkyl carbamates (subject to hydrolysis) is 1. The Bertz CT molecular complexity index is 1050. The van der Waals surface area contributed by atoms with Crippen molar-refractivity contribution in [3.05, 3.63) is 45.6 Å². The second-order valence-corrected chi connectivity index (χ2v) is 10.4. The molecular weight excluding hydrogens is 498 g/mol. The van der Waals surface area contributed by atoms with Gasteiger partial charge in [0, 0.05) is 34.9 Å². The molecule has 3 unspecified atom stereocenters. The maximum Gasteiger partial charge on any atom is 0.407 e. The Morgan fingerprint density at radius 3 is 2.62 bits per heavy atom. The van der Waals surface area contributed by atoms with Crippen LogP contribution < -0.4 is 5.32 Å². The molecule has 0 bridgehead atoms. The van der Waals surface area contributed by atoms with E-state index in [2.05, 4.69) is 50.5 Å². The van der Waals surface area contributed by atoms with Crippen molar-refractivity contribution in [2.24, 2.45) is 5.92 Å². The standard InChI is InChI=1S/C26H32BrN3O4/c1-33-26(32)29-23(17-12-14-34-15-17)25(31)30-13-4-7-21(30)24-20-6-3-2-5-19(20)22(28-24)16-8-10-18(27)11-9-16/h8-11,17,21,23,28H,2-7,12-15H2,1H3,(H,29,32). The number of hydrogen-bond acceptors (Lipinski definition) is 4. The summed E-state index contributed by atoms with van der Waals surface area (Å²) in [5.74, 6) is -0.0727. The van der Waals surface area contributed by atoms with Gasteiger partial charge in [-0.3, -0.25) is 4.79 Å². The summed E-state index contributed by atoms with van der Waals surface area (Å²) >= 11 is 3.54. The number of methoxy groups -OCH3 is 1. The number of halogens is 1. The van der Waals surface area contributed by atoms with Crippen LogP contribution in [0.15, 0.2) is 28.7 Å². The van der Waals surface area contributed by atoms with Crippen LogP contribution in [-0.4, -0.2) is 54.8 Å². The highest BCUT2D eigenvalue weighted by molar-refractivity contribution is 9.10. The maximum absolute atomic E-state index is 13.8. The van der Waals surface area contributed by atoms with E-state index in [-0.39, 0.29) is 17.9 Å². The highest BCUT2D eigenvalue weighted by Crippen LogP contribution is 2.41. The minimum Gasteiger partial charge on any atom is -0.453 e. The van der Waals surface area contributed by atoms with Gasteiger partial charge in [-0.25, -0.2) is 4.79 Å². The first-order valence-electron chi connectivity index (χ1n) is 12.3. The highest BCUT2D eigenvalue weighted by Gasteiger charge is 2.41. The van der Waals surface area contributed by atoms with Crippen molar-refractivity contribution in [1.29, 1.82) is 0 Å². The number of amides is 2. The Kier molecular flexibility index (Phi) is 6.97. The summed E-state index contributed by atoms with van der Waals surface area (Å²) in [7, 11) is 1.33. The minimum absolute atomic E-state index is 0.00665. The molecule has 5 rings (SSSR count). The first-order valence-corrected chi connectivity index (χ1v) is 13.1. The van der Waals surface area contributed by atoms with Gasteiger partial charge in [0.2, 0.25) is 5.91 Å². The quantitative estimate of drug-likeness (QED) is 0.585. The lowest BCUT2D eigenvalue weighted by Crippen LogP contribution is -2.52. The van der Waals surface area contributed by atoms with Crippen LogP contribution in [0.4, 0.5) is 4.79 Å². The third-order valence-electron chi connectivity index (χ3n) is 7.52. The van der Waals surface area contributed by atoms with Gasteiger partial charge in [0.15, 0.2) is 0 Å². The molecule has 3 atom stereocenters. The van der Waals surface area contributed by atoms with Crippen LogP contribution in [0.5, 0.6) is 0 Å². The molecule has 1 aliphatic carbocycles. The zero-order valence-corrected chi connectivity index (χ0v) is 21.2. The molecule has 1 aromatic carbocycles. The number of carbonyl (C=O) groups is 2. The van der Waals surface area contributed by atoms with Gasteiger partial charge in [-0.15, -0.1) is 0 Å². The Hall–Kier alpha value is -2.32. The Morgan fingerprint density at radius 1 is 1.15 bits per heavy atom. The Morgan fingerprint density at radius 2 is 1.91 bits per heavy atom. The van der Waals surface area contributed by atoms with E-state index in [9.17, 15) is 9.59 Å². The van der Waals surface area contributed by atoms with Gasteiger partial charge in [0.05, 0.1) is 19.8 Å². The molecule has 7 nitrogen and oxygen atoms in total. The number of aromatic nitrogens is 1. The predicted octanol–water partition coefficient (Wildman–Crippen LogP) is 4.75. The van der Waals surface area contributed by atoms with Gasteiger partial charge in [0.25, 0.3) is 0 Å². The normalized spacial score (nSPS) is 22.9. The fraction of sp³-hybridized carbons (Fsp3) is 0.538. The molecule has 182 valence electrons. The van der Waals surface area contributed by atoms with E-state index >= 15 is 0 Å². The van der Waals surface area contributed by atoms with Crippen molar-refractivity contribution in [3.63, 3.8) is 0 Å². The molecular formula is C26H32BrN3O4. The molecule has 3 aliphatic rings. The fourth-order valence-corrected chi connectivity index (χ4v) is 6.07. The number of benzene rings is 1. The molecule has 34 heavy (non-hydrogen) atoms. The van der Waals surface area contributed by atoms with Crippen LogP contribution in [0.2, 0.25) is 0 Å². The molecule has 0 spiro atoms. The molecule has 3 heterocycles. The molecule has 2 amide bonds. The van der Waals surface area contributed by atoms with Crippen molar-refractivity contribution in [2.75, 3.05) is 26.9 Å². The summed E-state index contributed by atoms with van der Waals surface area (Å²) in [5.41, 5.74) is 6.33. The van der Waals surface area contributed by atoms with Crippen molar-refractivity contribution >= 4 is 27.9 Å². The summed E-state index contributed by atoms with van der Waals surface area (Å²) < 4.78 is 11.4. The maximum atomic E-state index is 13.8. The summed E-state index contributed by atoms with van der Waals surface area (Å²) in [6.07, 6.45) is 6.51. The monoisotopic (exact) mass is 529 g/mol. The first kappa shape index (κ1) is 23.4. The summed E-state index contributed by atoms with van der Waals surface area (Å²) in [6.45, 7) is 1.78. The second-order valence-electron chi connectivity index (χ2n) is 9.51. The number of ether oxygens (including phenoxy) is 2. The van der Waals surface area contributed by atoms with E-state index < -0.39 is 12.1 Å². The van der Waals surface area contributed by atoms with Crippen LogP contribution in [0.25, 0.3) is 11.3 Å². The SMILES string of the molecule is COC(=O)NC(C(=O)N1CCCC1c1[nH]c(-c2ccc(Br)cc2)c2c1CCCC2)C1CCOC1. The minimum atomic E-state index is -0.632. The number of nitrogens with one attached hydrogen (secondary N) is 2. The lowest BCUT2D eigenvalue weighted by Gasteiger charge is -2.31. The number of rotatable bonds is 5. The van der Waals surface area contributed by atoms with Crippen molar-refractivity contribution in [3.8, 4) is 11.3 Å². The number of carbonyl (C=O) groups excluding carboxylic acids is 2. The average molecular weight is 530 g/mol. The van der Waals surface area contributed by atoms with E-state index in [1.165, 1.54) is 48.0 Å². The number of nitrogens with zero attached hydrogens (tertiary/aromatic N) is 1. The predicted molar refractivity (Wildman–Crippen MR) is 133 cm³/mol. The second kappa shape index (κ2) is 10.1. The molecule has 0 radical (unpaired) electrons. The van der Waals surface area contributed by atoms with Crippen LogP contribution >= 0.6 is 15.9 Å². The fourth-order valence-electron chi connectivity index (χ4n) is 5.80. The molecule has 2 fully saturated rings. The third kappa shape index (κ3) is 4.50. The lowest BCUT2D eigenvalue weighted by molar-refractivity contribution is -0.135. The number of H-pyrrole nitrogens is 1. The van der Waals surface area contributed by atoms with Gasteiger partial charge in [-0.2, -0.15) is 0 Å². The Labute approximate surface area is 208 Å². The highest BCUT2D eigenvalue weighted by atomic mass is 79.9. The summed E-state index contributed by atoms with van der Waals surface area (Å²) in [6, 6.07) is 7.79. The number of aromatic amines is 1. The molecule has 2 N–H and O–H groups in total. The number of likely N-dealkylation sites (tertiary alicyclic amines) is 1. The molecule has 0 saturated carbocycles. The van der Waals surface area contributed by atoms with Crippen LogP contribution in [0, 0.1) is 5.92 Å². The lowest BCUT2D eigenvalue weighted by atomic mass is 9.89. The summed E-state index contributed by atoms with van der Waals surface area (Å²) in [4.78, 5) is 31.6.